The van der Waals surface area contributed by atoms with Gasteiger partial charge in [-0.3, -0.25) is 14.4 Å². The van der Waals surface area contributed by atoms with Crippen LogP contribution in [0.2, 0.25) is 0 Å². The molecule has 0 saturated heterocycles. The summed E-state index contributed by atoms with van der Waals surface area (Å²) in [6, 6.07) is 0. The Morgan fingerprint density at radius 3 is 1.35 bits per heavy atom. The van der Waals surface area contributed by atoms with Gasteiger partial charge in [-0.1, -0.05) is 0 Å². The predicted molar refractivity (Wildman–Crippen MR) is 99.9 cm³/mol. The fraction of sp³-hybridized carbons (Fsp3) is 0.182. The normalized spacial score (nSPS) is 10.1. The van der Waals surface area contributed by atoms with E-state index >= 15 is 0 Å². The molecule has 0 spiro atoms. The van der Waals surface area contributed by atoms with Gasteiger partial charge in [0.15, 0.2) is 0 Å². The molecule has 1 aromatic rings. The summed E-state index contributed by atoms with van der Waals surface area (Å²) in [5, 5.41) is 5.00. The average Bonchev–Trinajstić information content (AvgIpc) is 2.37. The van der Waals surface area contributed by atoms with Crippen molar-refractivity contribution in [3.05, 3.63) is 27.4 Å². The van der Waals surface area contributed by atoms with E-state index in [0.29, 0.717) is 10.7 Å². The highest BCUT2D eigenvalue weighted by Gasteiger charge is 2.28. The third-order valence-corrected chi connectivity index (χ3v) is 5.71. The maximum absolute atomic E-state index is 12.0. The van der Waals surface area contributed by atoms with Crippen molar-refractivity contribution in [2.75, 3.05) is 14.1 Å². The number of carbonyl (C=O) groups is 3. The lowest BCUT2D eigenvalue weighted by molar-refractivity contribution is 0.0960. The molecule has 0 heterocycles. The Labute approximate surface area is 156 Å². The number of primary amides is 1. The molecule has 3 amide bonds. The van der Waals surface area contributed by atoms with Gasteiger partial charge < -0.3 is 16.4 Å². The van der Waals surface area contributed by atoms with Crippen LogP contribution in [0.1, 0.15) is 31.1 Å². The van der Waals surface area contributed by atoms with Crippen LogP contribution in [0.4, 0.5) is 0 Å². The minimum Gasteiger partial charge on any atom is -0.366 e. The van der Waals surface area contributed by atoms with Gasteiger partial charge >= 0.3 is 0 Å². The summed E-state index contributed by atoms with van der Waals surface area (Å²) in [4.78, 5) is 35.6. The molecule has 0 atom stereocenters. The molecule has 9 heteroatoms. The minimum atomic E-state index is -0.675. The Bertz CT molecular complexity index is 574. The van der Waals surface area contributed by atoms with Crippen LogP contribution in [0.3, 0.4) is 0 Å². The predicted octanol–water partition coefficient (Wildman–Crippen LogP) is 1.32. The van der Waals surface area contributed by atoms with Crippen molar-refractivity contribution in [1.29, 1.82) is 0 Å². The number of carbonyl (C=O) groups excluding carboxylic acids is 3. The second-order valence-corrected chi connectivity index (χ2v) is 6.83. The summed E-state index contributed by atoms with van der Waals surface area (Å²) in [6.45, 7) is 0. The van der Waals surface area contributed by atoms with Crippen LogP contribution in [-0.4, -0.2) is 31.8 Å². The fourth-order valence-corrected chi connectivity index (χ4v) is 6.21. The van der Waals surface area contributed by atoms with Crippen LogP contribution >= 0.6 is 67.8 Å². The molecule has 0 aliphatic rings. The molecular weight excluding hydrogens is 603 g/mol. The van der Waals surface area contributed by atoms with Gasteiger partial charge in [0.2, 0.25) is 0 Å². The summed E-state index contributed by atoms with van der Waals surface area (Å²) in [5.41, 5.74) is 6.11. The van der Waals surface area contributed by atoms with Crippen molar-refractivity contribution in [2.45, 2.75) is 0 Å². The first-order valence-corrected chi connectivity index (χ1v) is 8.45. The highest BCUT2D eigenvalue weighted by atomic mass is 127. The number of nitrogens with two attached hydrogens (primary N) is 1. The number of hydrogen-bond donors (Lipinski definition) is 3. The van der Waals surface area contributed by atoms with Crippen LogP contribution in [0.15, 0.2) is 0 Å². The summed E-state index contributed by atoms with van der Waals surface area (Å²) < 4.78 is 1.37. The Balaban J connectivity index is 3.88. The third kappa shape index (κ3) is 3.18. The van der Waals surface area contributed by atoms with Crippen molar-refractivity contribution >= 4 is 85.5 Å². The molecule has 6 nitrogen and oxygen atoms in total. The van der Waals surface area contributed by atoms with Gasteiger partial charge in [-0.15, -0.1) is 0 Å². The number of halogens is 3. The van der Waals surface area contributed by atoms with E-state index in [9.17, 15) is 14.4 Å². The SMILES string of the molecule is CNC(=O)c1c(I)c(C(N)=O)c(I)c(C(=O)NC)c1I. The maximum Gasteiger partial charge on any atom is 0.253 e. The summed E-state index contributed by atoms with van der Waals surface area (Å²) in [6.07, 6.45) is 0. The first kappa shape index (κ1) is 17.9. The molecule has 1 aromatic carbocycles. The Morgan fingerprint density at radius 2 is 1.10 bits per heavy atom. The zero-order valence-corrected chi connectivity index (χ0v) is 16.9. The summed E-state index contributed by atoms with van der Waals surface area (Å²) in [5.74, 6) is -1.42. The maximum atomic E-state index is 12.0. The van der Waals surface area contributed by atoms with E-state index in [-0.39, 0.29) is 28.5 Å². The van der Waals surface area contributed by atoms with E-state index < -0.39 is 5.91 Å². The second kappa shape index (κ2) is 7.20. The van der Waals surface area contributed by atoms with Crippen molar-refractivity contribution < 1.29 is 14.4 Å². The number of rotatable bonds is 3. The van der Waals surface area contributed by atoms with Crippen LogP contribution in [0, 0.1) is 10.7 Å². The first-order chi connectivity index (χ1) is 9.27. The minimum absolute atomic E-state index is 0.184. The Morgan fingerprint density at radius 1 is 0.800 bits per heavy atom. The molecule has 0 bridgehead atoms. The quantitative estimate of drug-likeness (QED) is 0.449. The third-order valence-electron chi connectivity index (χ3n) is 2.47. The number of nitrogens with one attached hydrogen (secondary N) is 2. The van der Waals surface area contributed by atoms with E-state index in [1.54, 1.807) is 0 Å². The Kier molecular flexibility index (Phi) is 6.43. The van der Waals surface area contributed by atoms with E-state index in [1.165, 1.54) is 14.1 Å². The van der Waals surface area contributed by atoms with Gasteiger partial charge in [-0.05, 0) is 67.8 Å². The van der Waals surface area contributed by atoms with Crippen LogP contribution in [-0.2, 0) is 0 Å². The number of hydrogen-bond acceptors (Lipinski definition) is 3. The lowest BCUT2D eigenvalue weighted by Gasteiger charge is -2.16. The second-order valence-electron chi connectivity index (χ2n) is 3.59. The number of benzene rings is 1. The largest absolute Gasteiger partial charge is 0.366 e. The van der Waals surface area contributed by atoms with Crippen molar-refractivity contribution in [2.24, 2.45) is 5.73 Å². The molecular formula is C11H10I3N3O3. The van der Waals surface area contributed by atoms with E-state index in [1.807, 2.05) is 67.8 Å². The van der Waals surface area contributed by atoms with Gasteiger partial charge in [0.1, 0.15) is 0 Å². The van der Waals surface area contributed by atoms with Crippen molar-refractivity contribution in [3.8, 4) is 0 Å². The van der Waals surface area contributed by atoms with Crippen LogP contribution in [0.25, 0.3) is 0 Å². The van der Waals surface area contributed by atoms with Gasteiger partial charge in [0.05, 0.1) is 16.7 Å². The molecule has 1 rings (SSSR count). The molecule has 0 aliphatic carbocycles. The topological polar surface area (TPSA) is 101 Å². The molecule has 0 radical (unpaired) electrons. The molecule has 0 saturated carbocycles. The average molecular weight is 613 g/mol. The van der Waals surface area contributed by atoms with Crippen molar-refractivity contribution in [3.63, 3.8) is 0 Å². The molecule has 0 aliphatic heterocycles. The molecule has 0 aromatic heterocycles. The number of amides is 3. The smallest absolute Gasteiger partial charge is 0.253 e. The Hall–Kier alpha value is -0.180. The monoisotopic (exact) mass is 613 g/mol. The molecule has 108 valence electrons. The van der Waals surface area contributed by atoms with Crippen molar-refractivity contribution in [1.82, 2.24) is 10.6 Å². The van der Waals surface area contributed by atoms with Gasteiger partial charge in [-0.25, -0.2) is 0 Å². The van der Waals surface area contributed by atoms with Gasteiger partial charge in [-0.2, -0.15) is 0 Å². The van der Waals surface area contributed by atoms with Gasteiger partial charge in [0, 0.05) is 24.8 Å². The molecule has 0 fully saturated rings. The lowest BCUT2D eigenvalue weighted by Crippen LogP contribution is -2.29. The highest BCUT2D eigenvalue weighted by Crippen LogP contribution is 2.31. The summed E-state index contributed by atoms with van der Waals surface area (Å²) >= 11 is 5.72. The van der Waals surface area contributed by atoms with Crippen LogP contribution < -0.4 is 16.4 Å². The fourth-order valence-electron chi connectivity index (χ4n) is 1.53. The van der Waals surface area contributed by atoms with E-state index in [0.717, 1.165) is 0 Å². The molecule has 20 heavy (non-hydrogen) atoms. The molecule has 4 N–H and O–H groups in total. The van der Waals surface area contributed by atoms with E-state index in [4.69, 9.17) is 5.73 Å². The highest BCUT2D eigenvalue weighted by molar-refractivity contribution is 14.1. The summed E-state index contributed by atoms with van der Waals surface area (Å²) in [7, 11) is 2.96. The first-order valence-electron chi connectivity index (χ1n) is 5.22. The standard InChI is InChI=1S/C11H10I3N3O3/c1-16-10(19)4-6(12)3(9(15)18)7(13)5(8(4)14)11(20)17-2/h1-2H3,(H2,15,18)(H,16,19)(H,17,20). The zero-order valence-electron chi connectivity index (χ0n) is 10.4. The van der Waals surface area contributed by atoms with Crippen LogP contribution in [0.5, 0.6) is 0 Å². The molecule has 0 unspecified atom stereocenters. The zero-order chi connectivity index (χ0) is 15.6. The lowest BCUT2D eigenvalue weighted by atomic mass is 10.0. The van der Waals surface area contributed by atoms with E-state index in [2.05, 4.69) is 10.6 Å². The van der Waals surface area contributed by atoms with Gasteiger partial charge in [0.25, 0.3) is 17.7 Å².